The van der Waals surface area contributed by atoms with Crippen molar-refractivity contribution in [2.24, 2.45) is 11.7 Å². The van der Waals surface area contributed by atoms with Crippen LogP contribution in [0.4, 0.5) is 9.59 Å². The fraction of sp³-hybridized carbons (Fsp3) is 0.529. The number of nitrogens with one attached hydrogen (secondary N) is 1. The predicted octanol–water partition coefficient (Wildman–Crippen LogP) is 2.48. The Balaban J connectivity index is 1.84. The molecule has 1 aliphatic rings. The van der Waals surface area contributed by atoms with E-state index in [1.165, 1.54) is 0 Å². The van der Waals surface area contributed by atoms with Gasteiger partial charge in [0.1, 0.15) is 6.61 Å². The van der Waals surface area contributed by atoms with Crippen LogP contribution in [-0.2, 0) is 11.3 Å². The number of benzene rings is 1. The monoisotopic (exact) mass is 319 g/mol. The Kier molecular flexibility index (Phi) is 6.26. The minimum absolute atomic E-state index is 0.115. The number of nitrogens with zero attached hydrogens (tertiary/aromatic N) is 1. The zero-order valence-electron chi connectivity index (χ0n) is 13.5. The summed E-state index contributed by atoms with van der Waals surface area (Å²) in [5.41, 5.74) is 6.34. The van der Waals surface area contributed by atoms with Crippen LogP contribution in [0.15, 0.2) is 30.3 Å². The van der Waals surface area contributed by atoms with Crippen molar-refractivity contribution in [3.05, 3.63) is 35.9 Å². The Morgan fingerprint density at radius 3 is 2.70 bits per heavy atom. The summed E-state index contributed by atoms with van der Waals surface area (Å²) in [6, 6.07) is 8.97. The number of amides is 3. The lowest BCUT2D eigenvalue weighted by Crippen LogP contribution is -2.54. The summed E-state index contributed by atoms with van der Waals surface area (Å²) >= 11 is 0. The second-order valence-electron chi connectivity index (χ2n) is 6.04. The van der Waals surface area contributed by atoms with Crippen molar-refractivity contribution in [1.82, 2.24) is 10.2 Å². The maximum absolute atomic E-state index is 12.0. The lowest BCUT2D eigenvalue weighted by Gasteiger charge is -2.37. The van der Waals surface area contributed by atoms with E-state index in [9.17, 15) is 9.59 Å². The summed E-state index contributed by atoms with van der Waals surface area (Å²) < 4.78 is 5.24. The Bertz CT molecular complexity index is 521. The Morgan fingerprint density at radius 2 is 2.04 bits per heavy atom. The van der Waals surface area contributed by atoms with Crippen molar-refractivity contribution < 1.29 is 14.3 Å². The number of carbonyl (C=O) groups is 2. The summed E-state index contributed by atoms with van der Waals surface area (Å²) in [5, 5.41) is 2.85. The first kappa shape index (κ1) is 17.1. The number of hydrogen-bond acceptors (Lipinski definition) is 3. The maximum Gasteiger partial charge on any atom is 0.407 e. The van der Waals surface area contributed by atoms with Gasteiger partial charge in [0.05, 0.1) is 6.04 Å². The zero-order valence-corrected chi connectivity index (χ0v) is 13.5. The number of carbonyl (C=O) groups excluding carboxylic acids is 2. The maximum atomic E-state index is 12.0. The van der Waals surface area contributed by atoms with Gasteiger partial charge in [-0.05, 0) is 24.3 Å². The molecule has 1 aromatic rings. The first-order chi connectivity index (χ1) is 11.1. The molecule has 0 radical (unpaired) electrons. The lowest BCUT2D eigenvalue weighted by atomic mass is 9.91. The van der Waals surface area contributed by atoms with Crippen molar-refractivity contribution in [2.75, 3.05) is 13.1 Å². The van der Waals surface area contributed by atoms with Gasteiger partial charge in [-0.25, -0.2) is 9.59 Å². The van der Waals surface area contributed by atoms with Crippen LogP contribution in [0, 0.1) is 5.92 Å². The fourth-order valence-corrected chi connectivity index (χ4v) is 3.04. The molecule has 3 amide bonds. The first-order valence-corrected chi connectivity index (χ1v) is 8.10. The second-order valence-corrected chi connectivity index (χ2v) is 6.04. The summed E-state index contributed by atoms with van der Waals surface area (Å²) in [5.74, 6) is 0.362. The molecule has 0 spiro atoms. The summed E-state index contributed by atoms with van der Waals surface area (Å²) in [6.45, 7) is 3.45. The van der Waals surface area contributed by atoms with Gasteiger partial charge in [-0.2, -0.15) is 0 Å². The lowest BCUT2D eigenvalue weighted by molar-refractivity contribution is 0.116. The van der Waals surface area contributed by atoms with Gasteiger partial charge in [0.2, 0.25) is 0 Å². The van der Waals surface area contributed by atoms with Crippen molar-refractivity contribution in [1.29, 1.82) is 0 Å². The molecule has 23 heavy (non-hydrogen) atoms. The smallest absolute Gasteiger partial charge is 0.407 e. The number of likely N-dealkylation sites (tertiary alicyclic amines) is 1. The van der Waals surface area contributed by atoms with E-state index in [1.54, 1.807) is 4.90 Å². The highest BCUT2D eigenvalue weighted by Gasteiger charge is 2.29. The number of alkyl carbamates (subject to hydrolysis) is 1. The van der Waals surface area contributed by atoms with Crippen LogP contribution < -0.4 is 11.1 Å². The molecule has 0 bridgehead atoms. The number of primary amides is 1. The van der Waals surface area contributed by atoms with Crippen LogP contribution in [0.2, 0.25) is 0 Å². The Morgan fingerprint density at radius 1 is 1.30 bits per heavy atom. The van der Waals surface area contributed by atoms with E-state index in [0.29, 0.717) is 19.0 Å². The summed E-state index contributed by atoms with van der Waals surface area (Å²) in [6.07, 6.45) is 2.45. The standard InChI is InChI=1S/C17H25N3O3/c1-2-6-14-9-15(11-20(10-14)16(18)21)19-17(22)23-12-13-7-4-3-5-8-13/h3-5,7-8,14-15H,2,6,9-12H2,1H3,(H2,18,21)(H,19,22). The molecule has 1 saturated heterocycles. The van der Waals surface area contributed by atoms with Gasteiger partial charge in [0.15, 0.2) is 0 Å². The number of piperidine rings is 1. The summed E-state index contributed by atoms with van der Waals surface area (Å²) in [4.78, 5) is 25.0. The molecule has 1 aromatic carbocycles. The molecule has 0 aliphatic carbocycles. The highest BCUT2D eigenvalue weighted by Crippen LogP contribution is 2.21. The van der Waals surface area contributed by atoms with Crippen LogP contribution in [0.3, 0.4) is 0 Å². The minimum atomic E-state index is -0.458. The molecule has 1 fully saturated rings. The van der Waals surface area contributed by atoms with Crippen molar-refractivity contribution >= 4 is 12.1 Å². The van der Waals surface area contributed by atoms with Crippen molar-refractivity contribution in [2.45, 2.75) is 38.8 Å². The third kappa shape index (κ3) is 5.47. The molecule has 2 unspecified atom stereocenters. The zero-order chi connectivity index (χ0) is 16.7. The van der Waals surface area contributed by atoms with E-state index in [0.717, 1.165) is 24.8 Å². The molecular formula is C17H25N3O3. The molecule has 6 nitrogen and oxygen atoms in total. The Hall–Kier alpha value is -2.24. The largest absolute Gasteiger partial charge is 0.445 e. The normalized spacial score (nSPS) is 20.8. The molecule has 126 valence electrons. The fourth-order valence-electron chi connectivity index (χ4n) is 3.04. The average molecular weight is 319 g/mol. The van der Waals surface area contributed by atoms with E-state index in [1.807, 2.05) is 30.3 Å². The molecule has 0 aromatic heterocycles. The van der Waals surface area contributed by atoms with Gasteiger partial charge in [-0.3, -0.25) is 0 Å². The molecular weight excluding hydrogens is 294 g/mol. The van der Waals surface area contributed by atoms with Crippen LogP contribution in [0.5, 0.6) is 0 Å². The number of rotatable bonds is 5. The Labute approximate surface area is 137 Å². The van der Waals surface area contributed by atoms with E-state index in [4.69, 9.17) is 10.5 Å². The number of hydrogen-bond donors (Lipinski definition) is 2. The van der Waals surface area contributed by atoms with Crippen molar-refractivity contribution in [3.63, 3.8) is 0 Å². The highest BCUT2D eigenvalue weighted by molar-refractivity contribution is 5.72. The highest BCUT2D eigenvalue weighted by atomic mass is 16.5. The van der Waals surface area contributed by atoms with E-state index < -0.39 is 12.1 Å². The number of urea groups is 1. The molecule has 2 rings (SSSR count). The third-order valence-electron chi connectivity index (χ3n) is 4.08. The van der Waals surface area contributed by atoms with Crippen LogP contribution in [-0.4, -0.2) is 36.2 Å². The van der Waals surface area contributed by atoms with Crippen LogP contribution >= 0.6 is 0 Å². The molecule has 1 aliphatic heterocycles. The first-order valence-electron chi connectivity index (χ1n) is 8.10. The van der Waals surface area contributed by atoms with Crippen LogP contribution in [0.25, 0.3) is 0 Å². The van der Waals surface area contributed by atoms with E-state index in [2.05, 4.69) is 12.2 Å². The van der Waals surface area contributed by atoms with E-state index in [-0.39, 0.29) is 12.6 Å². The number of nitrogens with two attached hydrogens (primary N) is 1. The topological polar surface area (TPSA) is 84.7 Å². The molecule has 0 saturated carbocycles. The van der Waals surface area contributed by atoms with Gasteiger partial charge in [0.25, 0.3) is 0 Å². The van der Waals surface area contributed by atoms with Gasteiger partial charge in [-0.1, -0.05) is 43.7 Å². The number of ether oxygens (including phenoxy) is 1. The van der Waals surface area contributed by atoms with E-state index >= 15 is 0 Å². The van der Waals surface area contributed by atoms with Crippen LogP contribution in [0.1, 0.15) is 31.7 Å². The third-order valence-corrected chi connectivity index (χ3v) is 4.08. The average Bonchev–Trinajstić information content (AvgIpc) is 2.54. The predicted molar refractivity (Wildman–Crippen MR) is 87.7 cm³/mol. The molecule has 3 N–H and O–H groups in total. The molecule has 6 heteroatoms. The van der Waals surface area contributed by atoms with Crippen molar-refractivity contribution in [3.8, 4) is 0 Å². The van der Waals surface area contributed by atoms with Gasteiger partial charge in [0, 0.05) is 13.1 Å². The molecule has 1 heterocycles. The summed E-state index contributed by atoms with van der Waals surface area (Å²) in [7, 11) is 0. The van der Waals surface area contributed by atoms with Gasteiger partial charge < -0.3 is 20.7 Å². The minimum Gasteiger partial charge on any atom is -0.445 e. The van der Waals surface area contributed by atoms with Gasteiger partial charge in [-0.15, -0.1) is 0 Å². The quantitative estimate of drug-likeness (QED) is 0.874. The SMILES string of the molecule is CCCC1CC(NC(=O)OCc2ccccc2)CN(C(N)=O)C1. The molecule has 2 atom stereocenters. The second kappa shape index (κ2) is 8.41. The van der Waals surface area contributed by atoms with Gasteiger partial charge >= 0.3 is 12.1 Å².